The van der Waals surface area contributed by atoms with E-state index < -0.39 is 17.4 Å². The number of likely N-dealkylation sites (tertiary alicyclic amines) is 1. The first-order valence-electron chi connectivity index (χ1n) is 7.92. The minimum atomic E-state index is -1.15. The van der Waals surface area contributed by atoms with Crippen LogP contribution in [0.1, 0.15) is 37.7 Å². The van der Waals surface area contributed by atoms with Crippen molar-refractivity contribution in [1.82, 2.24) is 4.90 Å². The van der Waals surface area contributed by atoms with E-state index in [1.807, 2.05) is 30.3 Å². The van der Waals surface area contributed by atoms with Crippen LogP contribution in [0.2, 0.25) is 0 Å². The Morgan fingerprint density at radius 1 is 1.18 bits per heavy atom. The van der Waals surface area contributed by atoms with Gasteiger partial charge in [0.2, 0.25) is 5.91 Å². The van der Waals surface area contributed by atoms with Crippen LogP contribution in [0.15, 0.2) is 30.3 Å². The molecule has 1 aliphatic heterocycles. The molecule has 1 aromatic carbocycles. The minimum absolute atomic E-state index is 0. The van der Waals surface area contributed by atoms with E-state index in [0.29, 0.717) is 19.1 Å². The van der Waals surface area contributed by atoms with Gasteiger partial charge in [-0.05, 0) is 18.4 Å². The Hall–Kier alpha value is -1.10. The van der Waals surface area contributed by atoms with Gasteiger partial charge in [-0.15, -0.1) is 12.4 Å². The molecule has 1 saturated heterocycles. The fourth-order valence-electron chi connectivity index (χ4n) is 3.94. The van der Waals surface area contributed by atoms with Crippen molar-refractivity contribution in [3.63, 3.8) is 0 Å². The van der Waals surface area contributed by atoms with Crippen LogP contribution in [-0.2, 0) is 10.4 Å². The van der Waals surface area contributed by atoms with Crippen molar-refractivity contribution in [1.29, 1.82) is 0 Å². The summed E-state index contributed by atoms with van der Waals surface area (Å²) in [6.45, 7) is 1.08. The first kappa shape index (κ1) is 17.3. The minimum Gasteiger partial charge on any atom is -0.383 e. The van der Waals surface area contributed by atoms with Crippen LogP contribution in [0.5, 0.6) is 0 Å². The molecule has 4 nitrogen and oxygen atoms in total. The molecule has 1 heterocycles. The molecule has 2 atom stereocenters. The van der Waals surface area contributed by atoms with Gasteiger partial charge in [-0.1, -0.05) is 49.6 Å². The number of benzene rings is 1. The molecule has 3 N–H and O–H groups in total. The molecular weight excluding hydrogens is 300 g/mol. The summed E-state index contributed by atoms with van der Waals surface area (Å²) in [4.78, 5) is 14.1. The maximum Gasteiger partial charge on any atom is 0.225 e. The molecule has 1 aromatic rings. The van der Waals surface area contributed by atoms with Gasteiger partial charge in [0.25, 0.3) is 0 Å². The standard InChI is InChI=1S/C17H24N2O2.ClH/c18-16(20)15-11-19(14-9-5-2-6-10-14)12-17(15,21)13-7-3-1-4-8-13;/h1,3-4,7-8,14-15,21H,2,5-6,9-12H2,(H2,18,20);1H. The quantitative estimate of drug-likeness (QED) is 0.894. The summed E-state index contributed by atoms with van der Waals surface area (Å²) in [7, 11) is 0. The van der Waals surface area contributed by atoms with Crippen LogP contribution >= 0.6 is 12.4 Å². The molecule has 0 bridgehead atoms. The van der Waals surface area contributed by atoms with Gasteiger partial charge >= 0.3 is 0 Å². The molecule has 2 fully saturated rings. The predicted octanol–water partition coefficient (Wildman–Crippen LogP) is 2.05. The number of nitrogens with two attached hydrogens (primary N) is 1. The number of carbonyl (C=O) groups is 1. The summed E-state index contributed by atoms with van der Waals surface area (Å²) < 4.78 is 0. The van der Waals surface area contributed by atoms with Gasteiger partial charge in [0.05, 0.1) is 5.92 Å². The highest BCUT2D eigenvalue weighted by Gasteiger charge is 2.50. The lowest BCUT2D eigenvalue weighted by molar-refractivity contribution is -0.128. The zero-order valence-electron chi connectivity index (χ0n) is 12.8. The van der Waals surface area contributed by atoms with Gasteiger partial charge in [0.15, 0.2) is 0 Å². The summed E-state index contributed by atoms with van der Waals surface area (Å²) in [5.74, 6) is -0.929. The lowest BCUT2D eigenvalue weighted by atomic mass is 9.83. The van der Waals surface area contributed by atoms with Crippen molar-refractivity contribution in [2.24, 2.45) is 11.7 Å². The van der Waals surface area contributed by atoms with Crippen molar-refractivity contribution in [3.8, 4) is 0 Å². The van der Waals surface area contributed by atoms with E-state index in [4.69, 9.17) is 5.73 Å². The third-order valence-corrected chi connectivity index (χ3v) is 5.15. The average Bonchev–Trinajstić information content (AvgIpc) is 2.89. The lowest BCUT2D eigenvalue weighted by Gasteiger charge is -2.32. The highest BCUT2D eigenvalue weighted by Crippen LogP contribution is 2.39. The van der Waals surface area contributed by atoms with E-state index in [2.05, 4.69) is 4.90 Å². The van der Waals surface area contributed by atoms with Crippen molar-refractivity contribution >= 4 is 18.3 Å². The fraction of sp³-hybridized carbons (Fsp3) is 0.588. The topological polar surface area (TPSA) is 66.6 Å². The molecular formula is C17H25ClN2O2. The average molecular weight is 325 g/mol. The maximum atomic E-state index is 11.9. The van der Waals surface area contributed by atoms with Crippen LogP contribution < -0.4 is 5.73 Å². The van der Waals surface area contributed by atoms with E-state index in [-0.39, 0.29) is 12.4 Å². The first-order valence-corrected chi connectivity index (χ1v) is 7.92. The van der Waals surface area contributed by atoms with Crippen LogP contribution in [-0.4, -0.2) is 35.0 Å². The monoisotopic (exact) mass is 324 g/mol. The Morgan fingerprint density at radius 2 is 1.82 bits per heavy atom. The second-order valence-corrected chi connectivity index (χ2v) is 6.47. The molecule has 0 spiro atoms. The van der Waals surface area contributed by atoms with Gasteiger partial charge in [-0.25, -0.2) is 0 Å². The second-order valence-electron chi connectivity index (χ2n) is 6.47. The summed E-state index contributed by atoms with van der Waals surface area (Å²) in [6.07, 6.45) is 6.11. The Balaban J connectivity index is 0.00000176. The zero-order valence-corrected chi connectivity index (χ0v) is 13.6. The van der Waals surface area contributed by atoms with E-state index in [1.54, 1.807) is 0 Å². The van der Waals surface area contributed by atoms with Crippen LogP contribution in [0, 0.1) is 5.92 Å². The van der Waals surface area contributed by atoms with Gasteiger partial charge in [0, 0.05) is 19.1 Å². The third kappa shape index (κ3) is 3.14. The van der Waals surface area contributed by atoms with Gasteiger partial charge in [-0.2, -0.15) is 0 Å². The van der Waals surface area contributed by atoms with E-state index in [1.165, 1.54) is 19.3 Å². The molecule has 3 rings (SSSR count). The van der Waals surface area contributed by atoms with Crippen molar-refractivity contribution in [3.05, 3.63) is 35.9 Å². The number of halogens is 1. The van der Waals surface area contributed by atoms with E-state index in [9.17, 15) is 9.90 Å². The van der Waals surface area contributed by atoms with Crippen molar-refractivity contribution in [2.75, 3.05) is 13.1 Å². The molecule has 0 radical (unpaired) electrons. The fourth-order valence-corrected chi connectivity index (χ4v) is 3.94. The smallest absolute Gasteiger partial charge is 0.225 e. The predicted molar refractivity (Wildman–Crippen MR) is 88.7 cm³/mol. The number of nitrogens with zero attached hydrogens (tertiary/aromatic N) is 1. The number of rotatable bonds is 3. The number of primary amides is 1. The Morgan fingerprint density at radius 3 is 2.41 bits per heavy atom. The summed E-state index contributed by atoms with van der Waals surface area (Å²) >= 11 is 0. The number of β-amino-alcohol motifs (C(OH)–C–C–N with tert-alkyl or cyclic N) is 1. The SMILES string of the molecule is Cl.NC(=O)C1CN(C2CCCCC2)CC1(O)c1ccccc1. The van der Waals surface area contributed by atoms with Gasteiger partial charge < -0.3 is 10.8 Å². The van der Waals surface area contributed by atoms with Crippen molar-refractivity contribution in [2.45, 2.75) is 43.7 Å². The first-order chi connectivity index (χ1) is 10.1. The van der Waals surface area contributed by atoms with Crippen LogP contribution in [0.25, 0.3) is 0 Å². The zero-order chi connectivity index (χ0) is 14.9. The number of hydrogen-bond acceptors (Lipinski definition) is 3. The maximum absolute atomic E-state index is 11.9. The number of carbonyl (C=O) groups excluding carboxylic acids is 1. The Kier molecular flexibility index (Phi) is 5.48. The van der Waals surface area contributed by atoms with Gasteiger partial charge in [0.1, 0.15) is 5.60 Å². The van der Waals surface area contributed by atoms with Crippen LogP contribution in [0.4, 0.5) is 0 Å². The second kappa shape index (κ2) is 6.99. The molecule has 5 heteroatoms. The summed E-state index contributed by atoms with van der Waals surface area (Å²) in [5.41, 5.74) is 5.23. The Labute approximate surface area is 138 Å². The van der Waals surface area contributed by atoms with E-state index in [0.717, 1.165) is 18.4 Å². The molecule has 2 aliphatic rings. The molecule has 0 aromatic heterocycles. The molecule has 1 aliphatic carbocycles. The number of hydrogen-bond donors (Lipinski definition) is 2. The van der Waals surface area contributed by atoms with Gasteiger partial charge in [-0.3, -0.25) is 9.69 Å². The molecule has 1 saturated carbocycles. The molecule has 122 valence electrons. The molecule has 1 amide bonds. The summed E-state index contributed by atoms with van der Waals surface area (Å²) in [6, 6.07) is 9.97. The van der Waals surface area contributed by atoms with Crippen molar-refractivity contribution < 1.29 is 9.90 Å². The third-order valence-electron chi connectivity index (χ3n) is 5.15. The van der Waals surface area contributed by atoms with E-state index >= 15 is 0 Å². The lowest BCUT2D eigenvalue weighted by Crippen LogP contribution is -2.42. The van der Waals surface area contributed by atoms with Crippen LogP contribution in [0.3, 0.4) is 0 Å². The normalized spacial score (nSPS) is 30.0. The highest BCUT2D eigenvalue weighted by atomic mass is 35.5. The summed E-state index contributed by atoms with van der Waals surface area (Å²) in [5, 5.41) is 11.2. The highest BCUT2D eigenvalue weighted by molar-refractivity contribution is 5.85. The largest absolute Gasteiger partial charge is 0.383 e. The number of aliphatic hydroxyl groups is 1. The number of amides is 1. The Bertz CT molecular complexity index is 505. The molecule has 22 heavy (non-hydrogen) atoms. The molecule has 2 unspecified atom stereocenters.